The first-order valence-electron chi connectivity index (χ1n) is 7.98. The largest absolute Gasteiger partial charge is 0.331 e. The van der Waals surface area contributed by atoms with E-state index in [1.54, 1.807) is 16.2 Å². The standard InChI is InChI=1S/C17H26N4OS/c1-6-15(16-12(2)19-21(5)13(16)3)18-17(22)20(4)10-9-14-8-7-11-23-14/h7-8,11,15H,6,9-10H2,1-5H3,(H,18,22)/t15-/m0/s1. The SMILES string of the molecule is CC[C@H](NC(=O)N(C)CCc1cccs1)c1c(C)nn(C)c1C. The Labute approximate surface area is 142 Å². The van der Waals surface area contributed by atoms with Crippen molar-refractivity contribution in [3.63, 3.8) is 0 Å². The van der Waals surface area contributed by atoms with Crippen LogP contribution in [-0.2, 0) is 13.5 Å². The fraction of sp³-hybridized carbons (Fsp3) is 0.529. The molecule has 126 valence electrons. The van der Waals surface area contributed by atoms with E-state index >= 15 is 0 Å². The minimum atomic E-state index is -0.0314. The molecule has 0 spiro atoms. The van der Waals surface area contributed by atoms with Crippen molar-refractivity contribution in [1.82, 2.24) is 20.0 Å². The molecule has 2 aromatic heterocycles. The normalized spacial score (nSPS) is 12.2. The van der Waals surface area contributed by atoms with E-state index in [-0.39, 0.29) is 12.1 Å². The van der Waals surface area contributed by atoms with Gasteiger partial charge in [-0.3, -0.25) is 4.68 Å². The molecule has 23 heavy (non-hydrogen) atoms. The Kier molecular flexibility index (Phi) is 5.82. The molecule has 1 N–H and O–H groups in total. The van der Waals surface area contributed by atoms with Gasteiger partial charge in [-0.05, 0) is 38.1 Å². The van der Waals surface area contributed by atoms with Crippen LogP contribution in [0.25, 0.3) is 0 Å². The zero-order valence-corrected chi connectivity index (χ0v) is 15.4. The van der Waals surface area contributed by atoms with Gasteiger partial charge in [0.15, 0.2) is 0 Å². The van der Waals surface area contributed by atoms with Crippen LogP contribution in [0.5, 0.6) is 0 Å². The second-order valence-electron chi connectivity index (χ2n) is 5.87. The van der Waals surface area contributed by atoms with E-state index in [0.717, 1.165) is 29.8 Å². The molecule has 0 saturated heterocycles. The van der Waals surface area contributed by atoms with Crippen LogP contribution in [0.4, 0.5) is 4.79 Å². The van der Waals surface area contributed by atoms with Crippen LogP contribution >= 0.6 is 11.3 Å². The maximum absolute atomic E-state index is 12.5. The van der Waals surface area contributed by atoms with E-state index in [1.807, 2.05) is 38.7 Å². The van der Waals surface area contributed by atoms with Gasteiger partial charge in [-0.25, -0.2) is 4.79 Å². The summed E-state index contributed by atoms with van der Waals surface area (Å²) in [6.45, 7) is 6.85. The predicted molar refractivity (Wildman–Crippen MR) is 94.9 cm³/mol. The minimum absolute atomic E-state index is 0.000359. The molecule has 6 heteroatoms. The first-order valence-corrected chi connectivity index (χ1v) is 8.86. The maximum Gasteiger partial charge on any atom is 0.317 e. The number of carbonyl (C=O) groups excluding carboxylic acids is 1. The molecule has 0 aliphatic rings. The van der Waals surface area contributed by atoms with Crippen LogP contribution < -0.4 is 5.32 Å². The van der Waals surface area contributed by atoms with Crippen molar-refractivity contribution in [3.8, 4) is 0 Å². The average molecular weight is 334 g/mol. The van der Waals surface area contributed by atoms with E-state index in [2.05, 4.69) is 28.8 Å². The summed E-state index contributed by atoms with van der Waals surface area (Å²) in [6.07, 6.45) is 1.74. The summed E-state index contributed by atoms with van der Waals surface area (Å²) in [6, 6.07) is 4.12. The van der Waals surface area contributed by atoms with Crippen LogP contribution in [0.2, 0.25) is 0 Å². The lowest BCUT2D eigenvalue weighted by molar-refractivity contribution is 0.204. The Morgan fingerprint density at radius 3 is 2.74 bits per heavy atom. The summed E-state index contributed by atoms with van der Waals surface area (Å²) in [5, 5.41) is 9.67. The van der Waals surface area contributed by atoms with Gasteiger partial charge in [0.2, 0.25) is 0 Å². The fourth-order valence-electron chi connectivity index (χ4n) is 2.77. The maximum atomic E-state index is 12.5. The van der Waals surface area contributed by atoms with Crippen LogP contribution in [-0.4, -0.2) is 34.3 Å². The number of thiophene rings is 1. The molecular weight excluding hydrogens is 308 g/mol. The van der Waals surface area contributed by atoms with E-state index in [1.165, 1.54) is 4.88 Å². The number of urea groups is 1. The number of hydrogen-bond acceptors (Lipinski definition) is 3. The smallest absolute Gasteiger partial charge is 0.317 e. The van der Waals surface area contributed by atoms with Crippen LogP contribution in [0, 0.1) is 13.8 Å². The van der Waals surface area contributed by atoms with Crippen molar-refractivity contribution in [1.29, 1.82) is 0 Å². The van der Waals surface area contributed by atoms with Crippen LogP contribution in [0.1, 0.15) is 41.2 Å². The molecule has 0 fully saturated rings. The molecule has 5 nitrogen and oxygen atoms in total. The highest BCUT2D eigenvalue weighted by molar-refractivity contribution is 7.09. The molecule has 2 rings (SSSR count). The summed E-state index contributed by atoms with van der Waals surface area (Å²) in [5.41, 5.74) is 3.23. The van der Waals surface area contributed by atoms with E-state index in [9.17, 15) is 4.79 Å². The van der Waals surface area contributed by atoms with Gasteiger partial charge in [0.05, 0.1) is 11.7 Å². The third kappa shape index (κ3) is 4.13. The minimum Gasteiger partial charge on any atom is -0.331 e. The summed E-state index contributed by atoms with van der Waals surface area (Å²) < 4.78 is 1.87. The zero-order valence-electron chi connectivity index (χ0n) is 14.6. The number of likely N-dealkylation sites (N-methyl/N-ethyl adjacent to an activating group) is 1. The van der Waals surface area contributed by atoms with Crippen molar-refractivity contribution in [2.45, 2.75) is 39.7 Å². The van der Waals surface area contributed by atoms with Gasteiger partial charge in [-0.15, -0.1) is 11.3 Å². The third-order valence-corrected chi connectivity index (χ3v) is 5.18. The molecule has 0 bridgehead atoms. The van der Waals surface area contributed by atoms with Crippen LogP contribution in [0.15, 0.2) is 17.5 Å². The van der Waals surface area contributed by atoms with Crippen molar-refractivity contribution in [3.05, 3.63) is 39.3 Å². The first kappa shape index (κ1) is 17.5. The molecule has 2 heterocycles. The Morgan fingerprint density at radius 1 is 1.48 bits per heavy atom. The van der Waals surface area contributed by atoms with Crippen molar-refractivity contribution in [2.24, 2.45) is 7.05 Å². The van der Waals surface area contributed by atoms with Crippen LogP contribution in [0.3, 0.4) is 0 Å². The number of aryl methyl sites for hydroxylation is 2. The van der Waals surface area contributed by atoms with E-state index in [0.29, 0.717) is 6.54 Å². The fourth-order valence-corrected chi connectivity index (χ4v) is 3.46. The number of aromatic nitrogens is 2. The topological polar surface area (TPSA) is 50.2 Å². The van der Waals surface area contributed by atoms with E-state index in [4.69, 9.17) is 0 Å². The lowest BCUT2D eigenvalue weighted by Gasteiger charge is -2.23. The Balaban J connectivity index is 1.98. The van der Waals surface area contributed by atoms with Gasteiger partial charge in [-0.1, -0.05) is 13.0 Å². The molecule has 1 atom stereocenters. The van der Waals surface area contributed by atoms with Gasteiger partial charge in [-0.2, -0.15) is 5.10 Å². The predicted octanol–water partition coefficient (Wildman–Crippen LogP) is 3.43. The highest BCUT2D eigenvalue weighted by Crippen LogP contribution is 2.23. The number of hydrogen-bond donors (Lipinski definition) is 1. The molecule has 2 amide bonds. The molecule has 0 aliphatic carbocycles. The van der Waals surface area contributed by atoms with Gasteiger partial charge in [0.25, 0.3) is 0 Å². The average Bonchev–Trinajstić information content (AvgIpc) is 3.12. The Hall–Kier alpha value is -1.82. The lowest BCUT2D eigenvalue weighted by atomic mass is 10.0. The number of rotatable bonds is 6. The lowest BCUT2D eigenvalue weighted by Crippen LogP contribution is -2.40. The third-order valence-electron chi connectivity index (χ3n) is 4.24. The molecule has 0 unspecified atom stereocenters. The number of carbonyl (C=O) groups is 1. The molecule has 0 radical (unpaired) electrons. The number of nitrogens with one attached hydrogen (secondary N) is 1. The zero-order chi connectivity index (χ0) is 17.0. The van der Waals surface area contributed by atoms with Crippen molar-refractivity contribution >= 4 is 17.4 Å². The Bertz CT molecular complexity index is 648. The Morgan fingerprint density at radius 2 is 2.22 bits per heavy atom. The highest BCUT2D eigenvalue weighted by Gasteiger charge is 2.21. The van der Waals surface area contributed by atoms with Gasteiger partial charge in [0, 0.05) is 36.8 Å². The van der Waals surface area contributed by atoms with Gasteiger partial charge in [0.1, 0.15) is 0 Å². The molecule has 0 saturated carbocycles. The highest BCUT2D eigenvalue weighted by atomic mass is 32.1. The van der Waals surface area contributed by atoms with E-state index < -0.39 is 0 Å². The number of nitrogens with zero attached hydrogens (tertiary/aromatic N) is 3. The second kappa shape index (κ2) is 7.64. The quantitative estimate of drug-likeness (QED) is 0.880. The summed E-state index contributed by atoms with van der Waals surface area (Å²) in [4.78, 5) is 15.5. The molecule has 2 aromatic rings. The van der Waals surface area contributed by atoms with Crippen molar-refractivity contribution < 1.29 is 4.79 Å². The van der Waals surface area contributed by atoms with Gasteiger partial charge < -0.3 is 10.2 Å². The molecule has 0 aromatic carbocycles. The second-order valence-corrected chi connectivity index (χ2v) is 6.90. The summed E-state index contributed by atoms with van der Waals surface area (Å²) >= 11 is 1.73. The van der Waals surface area contributed by atoms with Gasteiger partial charge >= 0.3 is 6.03 Å². The summed E-state index contributed by atoms with van der Waals surface area (Å²) in [7, 11) is 3.78. The molecular formula is C17H26N4OS. The first-order chi connectivity index (χ1) is 10.9. The summed E-state index contributed by atoms with van der Waals surface area (Å²) in [5.74, 6) is 0. The van der Waals surface area contributed by atoms with Crippen molar-refractivity contribution in [2.75, 3.05) is 13.6 Å². The monoisotopic (exact) mass is 334 g/mol. The molecule has 0 aliphatic heterocycles. The number of amides is 2.